The molecule has 0 aliphatic carbocycles. The van der Waals surface area contributed by atoms with Crippen LogP contribution in [0.4, 0.5) is 0 Å². The fourth-order valence-corrected chi connectivity index (χ4v) is 1.14. The van der Waals surface area contributed by atoms with Crippen LogP contribution in [0.2, 0.25) is 0 Å². The molecule has 0 spiro atoms. The van der Waals surface area contributed by atoms with Crippen molar-refractivity contribution in [3.05, 3.63) is 6.92 Å². The second-order valence-corrected chi connectivity index (χ2v) is 3.49. The Bertz CT molecular complexity index is 52.5. The summed E-state index contributed by atoms with van der Waals surface area (Å²) < 4.78 is 0. The van der Waals surface area contributed by atoms with Gasteiger partial charge in [0.15, 0.2) is 0 Å². The first-order chi connectivity index (χ1) is 4.31. The number of thioether (sulfide) groups is 1. The summed E-state index contributed by atoms with van der Waals surface area (Å²) >= 11 is 1.86. The fourth-order valence-electron chi connectivity index (χ4n) is 0.740. The topological polar surface area (TPSA) is 0 Å². The minimum Gasteiger partial charge on any atom is -0.162 e. The molecule has 1 unspecified atom stereocenters. The molecule has 0 rings (SSSR count). The molecule has 0 amide bonds. The van der Waals surface area contributed by atoms with Crippen molar-refractivity contribution in [2.24, 2.45) is 0 Å². The van der Waals surface area contributed by atoms with E-state index in [-0.39, 0.29) is 0 Å². The number of hydrogen-bond acceptors (Lipinski definition) is 1. The van der Waals surface area contributed by atoms with Gasteiger partial charge in [0.05, 0.1) is 0 Å². The molecule has 0 aliphatic rings. The SMILES string of the molecule is [CH2]C(CCCCC)SC. The van der Waals surface area contributed by atoms with Gasteiger partial charge in [0.1, 0.15) is 0 Å². The Labute approximate surface area is 63.4 Å². The van der Waals surface area contributed by atoms with Gasteiger partial charge in [0.25, 0.3) is 0 Å². The Morgan fingerprint density at radius 3 is 2.56 bits per heavy atom. The van der Waals surface area contributed by atoms with Crippen molar-refractivity contribution >= 4 is 11.8 Å². The summed E-state index contributed by atoms with van der Waals surface area (Å²) in [7, 11) is 0. The number of unbranched alkanes of at least 4 members (excludes halogenated alkanes) is 2. The quantitative estimate of drug-likeness (QED) is 0.536. The van der Waals surface area contributed by atoms with E-state index in [1.807, 2.05) is 11.8 Å². The zero-order chi connectivity index (χ0) is 7.11. The molecule has 0 saturated heterocycles. The van der Waals surface area contributed by atoms with E-state index in [1.54, 1.807) is 0 Å². The Balaban J connectivity index is 2.88. The van der Waals surface area contributed by atoms with Crippen molar-refractivity contribution in [3.63, 3.8) is 0 Å². The highest BCUT2D eigenvalue weighted by atomic mass is 32.2. The zero-order valence-electron chi connectivity index (χ0n) is 6.52. The molecule has 1 heteroatoms. The van der Waals surface area contributed by atoms with E-state index >= 15 is 0 Å². The Kier molecular flexibility index (Phi) is 6.72. The molecule has 0 fully saturated rings. The van der Waals surface area contributed by atoms with E-state index in [2.05, 4.69) is 20.1 Å². The van der Waals surface area contributed by atoms with E-state index in [0.717, 1.165) is 0 Å². The predicted octanol–water partition coefficient (Wildman–Crippen LogP) is 3.13. The Morgan fingerprint density at radius 2 is 2.11 bits per heavy atom. The van der Waals surface area contributed by atoms with Crippen LogP contribution in [0.1, 0.15) is 32.6 Å². The minimum absolute atomic E-state index is 0.622. The van der Waals surface area contributed by atoms with Gasteiger partial charge in [-0.25, -0.2) is 0 Å². The molecule has 0 saturated carbocycles. The normalized spacial score (nSPS) is 13.7. The third-order valence-corrected chi connectivity index (χ3v) is 2.37. The van der Waals surface area contributed by atoms with Crippen molar-refractivity contribution < 1.29 is 0 Å². The molecule has 1 radical (unpaired) electrons. The average molecular weight is 145 g/mol. The van der Waals surface area contributed by atoms with Crippen LogP contribution in [0, 0.1) is 6.92 Å². The second-order valence-electron chi connectivity index (χ2n) is 2.35. The highest BCUT2D eigenvalue weighted by molar-refractivity contribution is 7.99. The summed E-state index contributed by atoms with van der Waals surface area (Å²) in [6, 6.07) is 0. The fraction of sp³-hybridized carbons (Fsp3) is 0.875. The zero-order valence-corrected chi connectivity index (χ0v) is 7.34. The first-order valence-electron chi connectivity index (χ1n) is 3.67. The molecule has 0 aromatic heterocycles. The van der Waals surface area contributed by atoms with Crippen molar-refractivity contribution in [1.29, 1.82) is 0 Å². The van der Waals surface area contributed by atoms with Crippen LogP contribution in [0.15, 0.2) is 0 Å². The summed E-state index contributed by atoms with van der Waals surface area (Å²) in [4.78, 5) is 0. The third-order valence-electron chi connectivity index (χ3n) is 1.46. The summed E-state index contributed by atoms with van der Waals surface area (Å²) in [5.74, 6) is 0. The smallest absolute Gasteiger partial charge is 0.00446 e. The predicted molar refractivity (Wildman–Crippen MR) is 46.8 cm³/mol. The lowest BCUT2D eigenvalue weighted by atomic mass is 10.2. The minimum atomic E-state index is 0.622. The van der Waals surface area contributed by atoms with Crippen LogP contribution >= 0.6 is 11.8 Å². The summed E-state index contributed by atoms with van der Waals surface area (Å²) in [5, 5.41) is 0.622. The molecule has 0 aromatic rings. The molecule has 55 valence electrons. The molecule has 0 heterocycles. The van der Waals surface area contributed by atoms with Gasteiger partial charge >= 0.3 is 0 Å². The highest BCUT2D eigenvalue weighted by Gasteiger charge is 1.96. The largest absolute Gasteiger partial charge is 0.162 e. The lowest BCUT2D eigenvalue weighted by molar-refractivity contribution is 0.680. The van der Waals surface area contributed by atoms with E-state index in [0.29, 0.717) is 5.25 Å². The van der Waals surface area contributed by atoms with Gasteiger partial charge in [-0.3, -0.25) is 0 Å². The van der Waals surface area contributed by atoms with Gasteiger partial charge in [-0.2, -0.15) is 11.8 Å². The van der Waals surface area contributed by atoms with Gasteiger partial charge in [-0.1, -0.05) is 26.2 Å². The molecule has 0 aliphatic heterocycles. The van der Waals surface area contributed by atoms with Crippen LogP contribution in [0.25, 0.3) is 0 Å². The van der Waals surface area contributed by atoms with E-state index in [9.17, 15) is 0 Å². The molecule has 1 atom stereocenters. The van der Waals surface area contributed by atoms with Crippen molar-refractivity contribution in [2.75, 3.05) is 6.26 Å². The van der Waals surface area contributed by atoms with Gasteiger partial charge in [-0.05, 0) is 19.6 Å². The summed E-state index contributed by atoms with van der Waals surface area (Å²) in [6.45, 7) is 6.22. The van der Waals surface area contributed by atoms with Crippen LogP contribution in [0.5, 0.6) is 0 Å². The lowest BCUT2D eigenvalue weighted by Crippen LogP contribution is -1.93. The summed E-state index contributed by atoms with van der Waals surface area (Å²) in [6.07, 6.45) is 7.46. The van der Waals surface area contributed by atoms with Crippen molar-refractivity contribution in [1.82, 2.24) is 0 Å². The monoisotopic (exact) mass is 145 g/mol. The second kappa shape index (κ2) is 6.47. The van der Waals surface area contributed by atoms with Crippen LogP contribution in [0.3, 0.4) is 0 Å². The Morgan fingerprint density at radius 1 is 1.44 bits per heavy atom. The molecule has 0 nitrogen and oxygen atoms in total. The maximum atomic E-state index is 3.99. The van der Waals surface area contributed by atoms with Crippen LogP contribution in [-0.4, -0.2) is 11.5 Å². The van der Waals surface area contributed by atoms with Crippen LogP contribution in [-0.2, 0) is 0 Å². The molecular weight excluding hydrogens is 128 g/mol. The van der Waals surface area contributed by atoms with Gasteiger partial charge < -0.3 is 0 Å². The first kappa shape index (κ1) is 9.35. The summed E-state index contributed by atoms with van der Waals surface area (Å²) in [5.41, 5.74) is 0. The van der Waals surface area contributed by atoms with Gasteiger partial charge in [0, 0.05) is 5.25 Å². The first-order valence-corrected chi connectivity index (χ1v) is 4.96. The van der Waals surface area contributed by atoms with E-state index < -0.39 is 0 Å². The molecule has 0 aromatic carbocycles. The van der Waals surface area contributed by atoms with Gasteiger partial charge in [0.2, 0.25) is 0 Å². The number of rotatable bonds is 5. The molecular formula is C8H17S. The molecule has 0 bridgehead atoms. The number of hydrogen-bond donors (Lipinski definition) is 0. The highest BCUT2D eigenvalue weighted by Crippen LogP contribution is 2.12. The maximum absolute atomic E-state index is 3.99. The van der Waals surface area contributed by atoms with Crippen molar-refractivity contribution in [2.45, 2.75) is 37.9 Å². The van der Waals surface area contributed by atoms with E-state index in [1.165, 1.54) is 25.7 Å². The van der Waals surface area contributed by atoms with E-state index in [4.69, 9.17) is 0 Å². The standard InChI is InChI=1S/C8H17S/c1-4-5-6-7-8(2)9-3/h8H,2,4-7H2,1,3H3. The lowest BCUT2D eigenvalue weighted by Gasteiger charge is -2.05. The molecule has 9 heavy (non-hydrogen) atoms. The molecule has 0 N–H and O–H groups in total. The maximum Gasteiger partial charge on any atom is 0.00446 e. The Hall–Kier alpha value is 0.350. The third kappa shape index (κ3) is 6.23. The average Bonchev–Trinajstić information content (AvgIpc) is 1.89. The van der Waals surface area contributed by atoms with Gasteiger partial charge in [-0.15, -0.1) is 0 Å². The van der Waals surface area contributed by atoms with Crippen molar-refractivity contribution in [3.8, 4) is 0 Å². The van der Waals surface area contributed by atoms with Crippen LogP contribution < -0.4 is 0 Å².